The molecule has 2 aromatic carbocycles. The van der Waals surface area contributed by atoms with Crippen LogP contribution in [0.2, 0.25) is 0 Å². The molecule has 6 nitrogen and oxygen atoms in total. The van der Waals surface area contributed by atoms with E-state index in [0.717, 1.165) is 24.0 Å². The molecule has 0 saturated heterocycles. The SMILES string of the molecule is CCC(C)(C)c1cc(N=Nc2ccccc2[N+](=O)[O-])cc(C(C)(C)CC)c1O. The summed E-state index contributed by atoms with van der Waals surface area (Å²) in [5.74, 6) is 0.295. The number of hydrogen-bond acceptors (Lipinski definition) is 5. The molecule has 28 heavy (non-hydrogen) atoms. The van der Waals surface area contributed by atoms with Gasteiger partial charge in [-0.1, -0.05) is 53.7 Å². The molecule has 0 fully saturated rings. The van der Waals surface area contributed by atoms with E-state index >= 15 is 0 Å². The first-order valence-corrected chi connectivity index (χ1v) is 9.56. The molecule has 2 rings (SSSR count). The summed E-state index contributed by atoms with van der Waals surface area (Å²) in [4.78, 5) is 10.7. The summed E-state index contributed by atoms with van der Waals surface area (Å²) in [5, 5.41) is 30.6. The van der Waals surface area contributed by atoms with Gasteiger partial charge in [-0.25, -0.2) is 0 Å². The molecule has 6 heteroatoms. The molecular formula is C22H29N3O3. The summed E-state index contributed by atoms with van der Waals surface area (Å²) in [6.45, 7) is 12.5. The third-order valence-electron chi connectivity index (χ3n) is 5.67. The molecule has 0 amide bonds. The van der Waals surface area contributed by atoms with E-state index in [-0.39, 0.29) is 22.2 Å². The van der Waals surface area contributed by atoms with Crippen molar-refractivity contribution >= 4 is 17.1 Å². The van der Waals surface area contributed by atoms with Crippen molar-refractivity contribution in [2.75, 3.05) is 0 Å². The van der Waals surface area contributed by atoms with E-state index in [1.54, 1.807) is 18.2 Å². The van der Waals surface area contributed by atoms with Gasteiger partial charge in [0.1, 0.15) is 5.75 Å². The van der Waals surface area contributed by atoms with Crippen LogP contribution in [0.5, 0.6) is 5.75 Å². The number of nitro benzene ring substituents is 1. The second-order valence-electron chi connectivity index (χ2n) is 8.31. The van der Waals surface area contributed by atoms with E-state index in [1.807, 2.05) is 12.1 Å². The van der Waals surface area contributed by atoms with Crippen LogP contribution in [0.15, 0.2) is 46.6 Å². The van der Waals surface area contributed by atoms with Crippen molar-refractivity contribution in [3.05, 3.63) is 57.6 Å². The highest BCUT2D eigenvalue weighted by Crippen LogP contribution is 2.44. The number of rotatable bonds is 7. The maximum Gasteiger partial charge on any atom is 0.296 e. The fourth-order valence-electron chi connectivity index (χ4n) is 2.90. The molecule has 0 bridgehead atoms. The van der Waals surface area contributed by atoms with Gasteiger partial charge in [0.15, 0.2) is 5.69 Å². The molecule has 0 atom stereocenters. The molecule has 0 aliphatic carbocycles. The average Bonchev–Trinajstić information content (AvgIpc) is 2.66. The van der Waals surface area contributed by atoms with Crippen LogP contribution in [-0.2, 0) is 10.8 Å². The summed E-state index contributed by atoms with van der Waals surface area (Å²) in [7, 11) is 0. The van der Waals surface area contributed by atoms with Crippen molar-refractivity contribution in [3.63, 3.8) is 0 Å². The number of phenolic OH excluding ortho intramolecular Hbond substituents is 1. The molecular weight excluding hydrogens is 354 g/mol. The Kier molecular flexibility index (Phi) is 6.22. The van der Waals surface area contributed by atoms with Crippen molar-refractivity contribution < 1.29 is 10.0 Å². The number of para-hydroxylation sites is 1. The summed E-state index contributed by atoms with van der Waals surface area (Å²) in [6.07, 6.45) is 1.69. The van der Waals surface area contributed by atoms with Crippen molar-refractivity contribution in [3.8, 4) is 5.75 Å². The Bertz CT molecular complexity index is 865. The van der Waals surface area contributed by atoms with Crippen molar-refractivity contribution in [1.82, 2.24) is 0 Å². The number of aromatic hydroxyl groups is 1. The molecule has 0 radical (unpaired) electrons. The Labute approximate surface area is 166 Å². The van der Waals surface area contributed by atoms with Gasteiger partial charge in [0.2, 0.25) is 0 Å². The van der Waals surface area contributed by atoms with Gasteiger partial charge >= 0.3 is 0 Å². The molecule has 0 aliphatic heterocycles. The fraction of sp³-hybridized carbons (Fsp3) is 0.455. The number of benzene rings is 2. The predicted molar refractivity (Wildman–Crippen MR) is 112 cm³/mol. The topological polar surface area (TPSA) is 88.1 Å². The van der Waals surface area contributed by atoms with Crippen LogP contribution < -0.4 is 0 Å². The minimum absolute atomic E-state index is 0.0896. The fourth-order valence-corrected chi connectivity index (χ4v) is 2.90. The molecule has 1 N–H and O–H groups in total. The lowest BCUT2D eigenvalue weighted by molar-refractivity contribution is -0.384. The Balaban J connectivity index is 2.64. The monoisotopic (exact) mass is 383 g/mol. The first kappa shape index (κ1) is 21.5. The van der Waals surface area contributed by atoms with Crippen LogP contribution in [0, 0.1) is 10.1 Å². The van der Waals surface area contributed by atoms with Crippen LogP contribution in [0.25, 0.3) is 0 Å². The van der Waals surface area contributed by atoms with E-state index in [2.05, 4.69) is 51.8 Å². The van der Waals surface area contributed by atoms with Gasteiger partial charge in [0, 0.05) is 17.2 Å². The molecule has 0 unspecified atom stereocenters. The van der Waals surface area contributed by atoms with Gasteiger partial charge in [0.05, 0.1) is 10.6 Å². The molecule has 0 heterocycles. The van der Waals surface area contributed by atoms with Gasteiger partial charge in [-0.3, -0.25) is 10.1 Å². The van der Waals surface area contributed by atoms with Crippen LogP contribution in [-0.4, -0.2) is 10.0 Å². The van der Waals surface area contributed by atoms with E-state index in [0.29, 0.717) is 11.4 Å². The third kappa shape index (κ3) is 4.38. The van der Waals surface area contributed by atoms with Crippen molar-refractivity contribution in [2.45, 2.75) is 65.2 Å². The number of azo groups is 1. The summed E-state index contributed by atoms with van der Waals surface area (Å²) >= 11 is 0. The summed E-state index contributed by atoms with van der Waals surface area (Å²) in [6, 6.07) is 9.91. The van der Waals surface area contributed by atoms with E-state index in [4.69, 9.17) is 0 Å². The molecule has 0 saturated carbocycles. The highest BCUT2D eigenvalue weighted by Gasteiger charge is 2.29. The molecule has 150 valence electrons. The quantitative estimate of drug-likeness (QED) is 0.314. The first-order chi connectivity index (χ1) is 13.0. The smallest absolute Gasteiger partial charge is 0.296 e. The number of hydrogen-bond donors (Lipinski definition) is 1. The lowest BCUT2D eigenvalue weighted by atomic mass is 9.75. The average molecular weight is 383 g/mol. The van der Waals surface area contributed by atoms with Crippen LogP contribution in [0.3, 0.4) is 0 Å². The molecule has 0 aliphatic rings. The third-order valence-corrected chi connectivity index (χ3v) is 5.67. The Morgan fingerprint density at radius 2 is 1.46 bits per heavy atom. The number of phenols is 1. The maximum atomic E-state index is 11.2. The Morgan fingerprint density at radius 3 is 1.93 bits per heavy atom. The lowest BCUT2D eigenvalue weighted by Gasteiger charge is -2.30. The van der Waals surface area contributed by atoms with Crippen LogP contribution in [0.1, 0.15) is 65.5 Å². The van der Waals surface area contributed by atoms with E-state index in [9.17, 15) is 15.2 Å². The number of nitrogens with zero attached hydrogens (tertiary/aromatic N) is 3. The minimum atomic E-state index is -0.470. The Hall–Kier alpha value is -2.76. The second-order valence-corrected chi connectivity index (χ2v) is 8.31. The van der Waals surface area contributed by atoms with E-state index < -0.39 is 4.92 Å². The molecule has 0 spiro atoms. The predicted octanol–water partition coefficient (Wildman–Crippen LogP) is 7.09. The largest absolute Gasteiger partial charge is 0.507 e. The standard InChI is InChI=1S/C22H29N3O3/c1-7-21(3,4)16-13-15(14-17(20(16)26)22(5,6)8-2)23-24-18-11-9-10-12-19(18)25(27)28/h9-14,26H,7-8H2,1-6H3. The second kappa shape index (κ2) is 8.09. The van der Waals surface area contributed by atoms with Crippen molar-refractivity contribution in [1.29, 1.82) is 0 Å². The molecule has 2 aromatic rings. The lowest BCUT2D eigenvalue weighted by Crippen LogP contribution is -2.20. The Morgan fingerprint density at radius 1 is 0.964 bits per heavy atom. The normalized spacial score (nSPS) is 12.5. The van der Waals surface area contributed by atoms with Gasteiger partial charge in [-0.05, 0) is 41.9 Å². The van der Waals surface area contributed by atoms with Crippen LogP contribution >= 0.6 is 0 Å². The zero-order valence-corrected chi connectivity index (χ0v) is 17.5. The van der Waals surface area contributed by atoms with E-state index in [1.165, 1.54) is 6.07 Å². The first-order valence-electron chi connectivity index (χ1n) is 9.56. The molecule has 0 aromatic heterocycles. The van der Waals surface area contributed by atoms with Crippen LogP contribution in [0.4, 0.5) is 17.1 Å². The zero-order valence-electron chi connectivity index (χ0n) is 17.5. The van der Waals surface area contributed by atoms with Gasteiger partial charge in [-0.2, -0.15) is 5.11 Å². The highest BCUT2D eigenvalue weighted by atomic mass is 16.6. The van der Waals surface area contributed by atoms with Gasteiger partial charge < -0.3 is 5.11 Å². The van der Waals surface area contributed by atoms with Gasteiger partial charge in [-0.15, -0.1) is 5.11 Å². The maximum absolute atomic E-state index is 11.2. The van der Waals surface area contributed by atoms with Crippen molar-refractivity contribution in [2.24, 2.45) is 10.2 Å². The summed E-state index contributed by atoms with van der Waals surface area (Å²) in [5.41, 5.74) is 1.82. The minimum Gasteiger partial charge on any atom is -0.507 e. The summed E-state index contributed by atoms with van der Waals surface area (Å²) < 4.78 is 0. The zero-order chi connectivity index (χ0) is 21.1. The highest BCUT2D eigenvalue weighted by molar-refractivity contribution is 5.59. The van der Waals surface area contributed by atoms with Gasteiger partial charge in [0.25, 0.3) is 5.69 Å². The number of nitro groups is 1.